The van der Waals surface area contributed by atoms with E-state index < -0.39 is 0 Å². The molecule has 0 saturated carbocycles. The van der Waals surface area contributed by atoms with E-state index in [-0.39, 0.29) is 10.8 Å². The molecular formula is C25H29Br2N2+. The first-order valence-corrected chi connectivity index (χ1v) is 12.0. The summed E-state index contributed by atoms with van der Waals surface area (Å²) in [6.45, 7) is 15.8. The number of hydrogen-bond donors (Lipinski definition) is 0. The second-order valence-corrected chi connectivity index (χ2v) is 10.8. The van der Waals surface area contributed by atoms with Crippen LogP contribution in [0.25, 0.3) is 0 Å². The quantitative estimate of drug-likeness (QED) is 0.387. The second-order valence-electron chi connectivity index (χ2n) is 8.98. The molecule has 0 N–H and O–H groups in total. The molecule has 0 radical (unpaired) electrons. The van der Waals surface area contributed by atoms with Gasteiger partial charge in [-0.2, -0.15) is 4.58 Å². The van der Waals surface area contributed by atoms with Crippen molar-refractivity contribution in [2.24, 2.45) is 0 Å². The van der Waals surface area contributed by atoms with Crippen molar-refractivity contribution in [3.8, 4) is 0 Å². The number of nitrogens with zero attached hydrogens (tertiary/aromatic N) is 2. The molecule has 0 atom stereocenters. The normalized spacial score (nSPS) is 20.4. The van der Waals surface area contributed by atoms with Crippen molar-refractivity contribution in [3.05, 3.63) is 68.2 Å². The number of likely N-dealkylation sites (N-methyl/N-ethyl adjacent to an activating group) is 1. The maximum atomic E-state index is 3.68. The molecule has 0 bridgehead atoms. The van der Waals surface area contributed by atoms with Crippen molar-refractivity contribution in [1.82, 2.24) is 0 Å². The lowest BCUT2D eigenvalue weighted by molar-refractivity contribution is -0.433. The fraction of sp³-hybridized carbons (Fsp3) is 0.400. The van der Waals surface area contributed by atoms with Crippen LogP contribution in [0.4, 0.5) is 11.4 Å². The van der Waals surface area contributed by atoms with Crippen molar-refractivity contribution in [1.29, 1.82) is 0 Å². The fourth-order valence-electron chi connectivity index (χ4n) is 5.03. The molecule has 2 aliphatic heterocycles. The van der Waals surface area contributed by atoms with E-state index in [1.54, 1.807) is 0 Å². The summed E-state index contributed by atoms with van der Waals surface area (Å²) in [6, 6.07) is 13.4. The zero-order valence-corrected chi connectivity index (χ0v) is 21.3. The van der Waals surface area contributed by atoms with Crippen LogP contribution >= 0.6 is 31.9 Å². The third-order valence-corrected chi connectivity index (χ3v) is 7.60. The Balaban J connectivity index is 1.94. The Bertz CT molecular complexity index is 1060. The van der Waals surface area contributed by atoms with Gasteiger partial charge in [-0.25, -0.2) is 0 Å². The SMILES string of the molecule is CCN1C(=CC2=[N+](CC)c3ccc(Br)cc3C2(C)C)C(C)(C)c2cc(Br)ccc21. The summed E-state index contributed by atoms with van der Waals surface area (Å²) in [7, 11) is 0. The Morgan fingerprint density at radius 2 is 1.52 bits per heavy atom. The Kier molecular flexibility index (Phi) is 5.10. The number of fused-ring (bicyclic) bond motifs is 2. The van der Waals surface area contributed by atoms with E-state index in [0.717, 1.165) is 22.0 Å². The maximum Gasteiger partial charge on any atom is 0.209 e. The summed E-state index contributed by atoms with van der Waals surface area (Å²) in [5, 5.41) is 0. The average Bonchev–Trinajstić information content (AvgIpc) is 3.01. The van der Waals surface area contributed by atoms with Crippen molar-refractivity contribution in [3.63, 3.8) is 0 Å². The maximum absolute atomic E-state index is 3.68. The first kappa shape index (κ1) is 20.9. The molecule has 2 nitrogen and oxygen atoms in total. The molecule has 4 rings (SSSR count). The second kappa shape index (κ2) is 7.09. The molecule has 4 heteroatoms. The molecule has 2 aromatic carbocycles. The average molecular weight is 517 g/mol. The standard InChI is InChI=1S/C25H29Br2N2/c1-7-28-20-11-9-16(26)13-18(20)24(3,4)22(28)15-23-25(5,6)19-14-17(27)10-12-21(19)29(23)8-2/h9-15H,7-8H2,1-6H3/q+1. The summed E-state index contributed by atoms with van der Waals surface area (Å²) in [5.41, 5.74) is 8.08. The summed E-state index contributed by atoms with van der Waals surface area (Å²) < 4.78 is 4.77. The minimum absolute atomic E-state index is 0.0486. The predicted molar refractivity (Wildman–Crippen MR) is 131 cm³/mol. The molecule has 0 unspecified atom stereocenters. The van der Waals surface area contributed by atoms with Crippen molar-refractivity contribution >= 4 is 48.9 Å². The van der Waals surface area contributed by atoms with Gasteiger partial charge in [-0.1, -0.05) is 45.7 Å². The van der Waals surface area contributed by atoms with E-state index >= 15 is 0 Å². The van der Waals surface area contributed by atoms with Crippen LogP contribution in [-0.2, 0) is 10.8 Å². The molecule has 0 saturated heterocycles. The molecule has 2 aliphatic rings. The molecule has 0 aromatic heterocycles. The minimum Gasteiger partial charge on any atom is -0.344 e. The van der Waals surface area contributed by atoms with Crippen LogP contribution in [-0.4, -0.2) is 23.4 Å². The predicted octanol–water partition coefficient (Wildman–Crippen LogP) is 7.31. The van der Waals surface area contributed by atoms with Gasteiger partial charge in [0.2, 0.25) is 5.69 Å². The largest absolute Gasteiger partial charge is 0.344 e. The number of benzene rings is 2. The van der Waals surface area contributed by atoms with Crippen LogP contribution in [0, 0.1) is 0 Å². The molecule has 152 valence electrons. The highest BCUT2D eigenvalue weighted by Crippen LogP contribution is 2.50. The molecule has 29 heavy (non-hydrogen) atoms. The Labute approximate surface area is 191 Å². The topological polar surface area (TPSA) is 6.25 Å². The van der Waals surface area contributed by atoms with Gasteiger partial charge in [-0.3, -0.25) is 0 Å². The third-order valence-electron chi connectivity index (χ3n) is 6.61. The smallest absolute Gasteiger partial charge is 0.209 e. The van der Waals surface area contributed by atoms with Crippen LogP contribution in [0.3, 0.4) is 0 Å². The minimum atomic E-state index is -0.0486. The van der Waals surface area contributed by atoms with Gasteiger partial charge in [0.15, 0.2) is 5.71 Å². The van der Waals surface area contributed by atoms with Gasteiger partial charge in [0.25, 0.3) is 0 Å². The van der Waals surface area contributed by atoms with E-state index in [4.69, 9.17) is 0 Å². The Morgan fingerprint density at radius 1 is 0.897 bits per heavy atom. The van der Waals surface area contributed by atoms with E-state index in [9.17, 15) is 0 Å². The molecule has 0 amide bonds. The zero-order valence-electron chi connectivity index (χ0n) is 18.1. The van der Waals surface area contributed by atoms with E-state index in [1.165, 1.54) is 33.9 Å². The Hall–Kier alpha value is -1.39. The third kappa shape index (κ3) is 3.06. The Morgan fingerprint density at radius 3 is 2.14 bits per heavy atom. The molecule has 2 aromatic rings. The van der Waals surface area contributed by atoms with Crippen molar-refractivity contribution in [2.75, 3.05) is 18.0 Å². The van der Waals surface area contributed by atoms with Crippen LogP contribution in [0.1, 0.15) is 52.7 Å². The van der Waals surface area contributed by atoms with Gasteiger partial charge >= 0.3 is 0 Å². The van der Waals surface area contributed by atoms with E-state index in [2.05, 4.69) is 125 Å². The van der Waals surface area contributed by atoms with Gasteiger partial charge in [-0.05, 0) is 63.6 Å². The molecule has 0 aliphatic carbocycles. The first-order chi connectivity index (χ1) is 13.6. The number of rotatable bonds is 3. The van der Waals surface area contributed by atoms with Crippen molar-refractivity contribution in [2.45, 2.75) is 52.4 Å². The molecule has 0 fully saturated rings. The highest BCUT2D eigenvalue weighted by atomic mass is 79.9. The van der Waals surface area contributed by atoms with Crippen molar-refractivity contribution < 1.29 is 4.58 Å². The fourth-order valence-corrected chi connectivity index (χ4v) is 5.75. The number of halogens is 2. The highest BCUT2D eigenvalue weighted by molar-refractivity contribution is 9.10. The monoisotopic (exact) mass is 515 g/mol. The van der Waals surface area contributed by atoms with Crippen LogP contribution in [0.15, 0.2) is 57.1 Å². The molecule has 2 heterocycles. The van der Waals surface area contributed by atoms with E-state index in [1.807, 2.05) is 0 Å². The number of hydrogen-bond acceptors (Lipinski definition) is 1. The van der Waals surface area contributed by atoms with Crippen LogP contribution in [0.5, 0.6) is 0 Å². The van der Waals surface area contributed by atoms with Gasteiger partial charge in [0.05, 0.1) is 5.41 Å². The summed E-state index contributed by atoms with van der Waals surface area (Å²) in [6.07, 6.45) is 2.47. The lowest BCUT2D eigenvalue weighted by atomic mass is 9.78. The van der Waals surface area contributed by atoms with Crippen LogP contribution in [0.2, 0.25) is 0 Å². The zero-order chi connectivity index (χ0) is 21.1. The van der Waals surface area contributed by atoms with E-state index in [0.29, 0.717) is 0 Å². The van der Waals surface area contributed by atoms with Gasteiger partial charge in [0.1, 0.15) is 6.54 Å². The first-order valence-electron chi connectivity index (χ1n) is 10.4. The molecular weight excluding hydrogens is 488 g/mol. The summed E-state index contributed by atoms with van der Waals surface area (Å²) in [5.74, 6) is 0. The van der Waals surface area contributed by atoms with Crippen LogP contribution < -0.4 is 4.90 Å². The molecule has 0 spiro atoms. The lowest BCUT2D eigenvalue weighted by Gasteiger charge is -2.27. The number of anilines is 1. The van der Waals surface area contributed by atoms with Gasteiger partial charge < -0.3 is 4.90 Å². The van der Waals surface area contributed by atoms with Gasteiger partial charge in [0, 0.05) is 50.0 Å². The summed E-state index contributed by atoms with van der Waals surface area (Å²) in [4.78, 5) is 2.48. The lowest BCUT2D eigenvalue weighted by Crippen LogP contribution is -2.32. The van der Waals surface area contributed by atoms with Gasteiger partial charge in [-0.15, -0.1) is 0 Å². The highest BCUT2D eigenvalue weighted by Gasteiger charge is 2.47. The number of allylic oxidation sites excluding steroid dienone is 2. The summed E-state index contributed by atoms with van der Waals surface area (Å²) >= 11 is 7.35.